The third kappa shape index (κ3) is 3.91. The van der Waals surface area contributed by atoms with Gasteiger partial charge in [-0.25, -0.2) is 4.98 Å². The number of para-hydroxylation sites is 2. The van der Waals surface area contributed by atoms with Gasteiger partial charge in [0, 0.05) is 22.2 Å². The molecule has 0 fully saturated rings. The first-order valence-corrected chi connectivity index (χ1v) is 9.76. The van der Waals surface area contributed by atoms with E-state index in [2.05, 4.69) is 10.3 Å². The summed E-state index contributed by atoms with van der Waals surface area (Å²) in [7, 11) is 0. The van der Waals surface area contributed by atoms with Gasteiger partial charge in [0.25, 0.3) is 5.91 Å². The summed E-state index contributed by atoms with van der Waals surface area (Å²) in [5, 5.41) is 3.75. The molecule has 5 aromatic rings. The minimum atomic E-state index is -0.338. The van der Waals surface area contributed by atoms with Gasteiger partial charge < -0.3 is 18.9 Å². The summed E-state index contributed by atoms with van der Waals surface area (Å²) in [4.78, 5) is 17.0. The van der Waals surface area contributed by atoms with Crippen molar-refractivity contribution in [3.05, 3.63) is 103 Å². The molecular weight excluding hydrogens is 392 g/mol. The number of nitrogens with zero attached hydrogens (tertiary/aromatic N) is 1. The van der Waals surface area contributed by atoms with Crippen molar-refractivity contribution in [3.8, 4) is 17.1 Å². The van der Waals surface area contributed by atoms with E-state index in [4.69, 9.17) is 13.6 Å². The summed E-state index contributed by atoms with van der Waals surface area (Å²) in [6, 6.07) is 24.3. The van der Waals surface area contributed by atoms with Gasteiger partial charge in [-0.1, -0.05) is 36.4 Å². The average molecular weight is 410 g/mol. The summed E-state index contributed by atoms with van der Waals surface area (Å²) in [5.74, 6) is 1.28. The Bertz CT molecular complexity index is 1310. The molecule has 2 aromatic heterocycles. The number of hydrogen-bond acceptors (Lipinski definition) is 5. The molecule has 152 valence electrons. The number of ether oxygens (including phenoxy) is 1. The van der Waals surface area contributed by atoms with Crippen molar-refractivity contribution in [2.45, 2.75) is 6.61 Å². The minimum Gasteiger partial charge on any atom is -0.489 e. The molecular formula is C25H18N2O4. The fraction of sp³-hybridized carbons (Fsp3) is 0.0400. The lowest BCUT2D eigenvalue weighted by atomic mass is 10.1. The summed E-state index contributed by atoms with van der Waals surface area (Å²) in [6.07, 6.45) is 3.02. The van der Waals surface area contributed by atoms with E-state index in [-0.39, 0.29) is 18.3 Å². The molecule has 0 saturated carbocycles. The second-order valence-electron chi connectivity index (χ2n) is 6.90. The quantitative estimate of drug-likeness (QED) is 0.376. The first-order chi connectivity index (χ1) is 15.3. The molecule has 1 amide bonds. The molecule has 0 bridgehead atoms. The molecule has 6 nitrogen and oxygen atoms in total. The van der Waals surface area contributed by atoms with Gasteiger partial charge in [-0.05, 0) is 42.5 Å². The number of anilines is 1. The molecule has 0 saturated heterocycles. The van der Waals surface area contributed by atoms with Gasteiger partial charge in [-0.2, -0.15) is 0 Å². The van der Waals surface area contributed by atoms with Crippen molar-refractivity contribution in [1.82, 2.24) is 4.98 Å². The highest BCUT2D eigenvalue weighted by Crippen LogP contribution is 2.28. The predicted molar refractivity (Wildman–Crippen MR) is 117 cm³/mol. The van der Waals surface area contributed by atoms with Gasteiger partial charge in [-0.3, -0.25) is 4.79 Å². The Morgan fingerprint density at radius 3 is 2.48 bits per heavy atom. The lowest BCUT2D eigenvalue weighted by molar-refractivity contribution is 0.0995. The van der Waals surface area contributed by atoms with Crippen molar-refractivity contribution in [3.63, 3.8) is 0 Å². The smallest absolute Gasteiger partial charge is 0.291 e. The molecule has 5 rings (SSSR count). The summed E-state index contributed by atoms with van der Waals surface area (Å²) in [6.45, 7) is 0.216. The van der Waals surface area contributed by atoms with Crippen molar-refractivity contribution >= 4 is 22.6 Å². The zero-order valence-electron chi connectivity index (χ0n) is 16.4. The van der Waals surface area contributed by atoms with Crippen LogP contribution in [-0.2, 0) is 6.61 Å². The average Bonchev–Trinajstić information content (AvgIpc) is 3.47. The topological polar surface area (TPSA) is 77.5 Å². The Labute approximate surface area is 178 Å². The first-order valence-electron chi connectivity index (χ1n) is 9.76. The van der Waals surface area contributed by atoms with Crippen molar-refractivity contribution in [2.75, 3.05) is 5.32 Å². The van der Waals surface area contributed by atoms with Crippen LogP contribution in [0, 0.1) is 0 Å². The number of nitrogens with one attached hydrogen (secondary N) is 1. The standard InChI is InChI=1S/C25H18N2O4/c28-25(27-18-12-10-17(11-13-18)23-14-26-16-30-23)24-21(15-29-19-6-2-1-3-7-19)20-8-4-5-9-22(20)31-24/h1-14,16H,15H2,(H,27,28). The molecule has 1 N–H and O–H groups in total. The molecule has 0 aliphatic rings. The largest absolute Gasteiger partial charge is 0.489 e. The zero-order chi connectivity index (χ0) is 21.0. The molecule has 0 aliphatic heterocycles. The number of rotatable bonds is 6. The van der Waals surface area contributed by atoms with Crippen LogP contribution in [0.3, 0.4) is 0 Å². The molecule has 0 unspecified atom stereocenters. The number of aromatic nitrogens is 1. The van der Waals surface area contributed by atoms with Crippen LogP contribution in [0.5, 0.6) is 5.75 Å². The molecule has 31 heavy (non-hydrogen) atoms. The molecule has 0 radical (unpaired) electrons. The number of benzene rings is 3. The highest BCUT2D eigenvalue weighted by atomic mass is 16.5. The Kier molecular flexibility index (Phi) is 4.94. The summed E-state index contributed by atoms with van der Waals surface area (Å²) >= 11 is 0. The maximum atomic E-state index is 13.0. The van der Waals surface area contributed by atoms with Crippen LogP contribution in [0.25, 0.3) is 22.3 Å². The van der Waals surface area contributed by atoms with Gasteiger partial charge in [0.05, 0.1) is 6.20 Å². The Hall–Kier alpha value is -4.32. The third-order valence-corrected chi connectivity index (χ3v) is 4.89. The molecule has 2 heterocycles. The maximum Gasteiger partial charge on any atom is 0.291 e. The molecule has 3 aromatic carbocycles. The normalized spacial score (nSPS) is 10.8. The van der Waals surface area contributed by atoms with E-state index in [1.807, 2.05) is 66.7 Å². The molecule has 0 atom stereocenters. The van der Waals surface area contributed by atoms with Gasteiger partial charge in [-0.15, -0.1) is 0 Å². The van der Waals surface area contributed by atoms with Crippen LogP contribution in [0.15, 0.2) is 100 Å². The van der Waals surface area contributed by atoms with Crippen LogP contribution in [0.4, 0.5) is 5.69 Å². The highest BCUT2D eigenvalue weighted by molar-refractivity contribution is 6.06. The van der Waals surface area contributed by atoms with Crippen LogP contribution in [0.2, 0.25) is 0 Å². The Balaban J connectivity index is 1.40. The second kappa shape index (κ2) is 8.20. The van der Waals surface area contributed by atoms with Crippen molar-refractivity contribution in [1.29, 1.82) is 0 Å². The number of carbonyl (C=O) groups excluding carboxylic acids is 1. The number of hydrogen-bond donors (Lipinski definition) is 1. The number of amides is 1. The summed E-state index contributed by atoms with van der Waals surface area (Å²) < 4.78 is 17.1. The van der Waals surface area contributed by atoms with Crippen LogP contribution in [-0.4, -0.2) is 10.9 Å². The predicted octanol–water partition coefficient (Wildman–Crippen LogP) is 5.92. The van der Waals surface area contributed by atoms with Gasteiger partial charge in [0.2, 0.25) is 0 Å². The Morgan fingerprint density at radius 1 is 0.935 bits per heavy atom. The van der Waals surface area contributed by atoms with Crippen LogP contribution >= 0.6 is 0 Å². The van der Waals surface area contributed by atoms with E-state index in [1.165, 1.54) is 6.39 Å². The number of furan rings is 1. The van der Waals surface area contributed by atoms with Gasteiger partial charge in [0.1, 0.15) is 17.9 Å². The molecule has 0 spiro atoms. The maximum absolute atomic E-state index is 13.0. The van der Waals surface area contributed by atoms with Crippen molar-refractivity contribution in [2.24, 2.45) is 0 Å². The van der Waals surface area contributed by atoms with E-state index in [9.17, 15) is 4.79 Å². The molecule has 0 aliphatic carbocycles. The number of fused-ring (bicyclic) bond motifs is 1. The zero-order valence-corrected chi connectivity index (χ0v) is 16.4. The third-order valence-electron chi connectivity index (χ3n) is 4.89. The minimum absolute atomic E-state index is 0.216. The van der Waals surface area contributed by atoms with Crippen LogP contribution < -0.4 is 10.1 Å². The first kappa shape index (κ1) is 18.7. The number of oxazole rings is 1. The SMILES string of the molecule is O=C(Nc1ccc(-c2cnco2)cc1)c1oc2ccccc2c1COc1ccccc1. The highest BCUT2D eigenvalue weighted by Gasteiger charge is 2.21. The van der Waals surface area contributed by atoms with Crippen LogP contribution in [0.1, 0.15) is 16.1 Å². The summed E-state index contributed by atoms with van der Waals surface area (Å²) in [5.41, 5.74) is 2.86. The second-order valence-corrected chi connectivity index (χ2v) is 6.90. The fourth-order valence-electron chi connectivity index (χ4n) is 3.36. The van der Waals surface area contributed by atoms with E-state index in [0.717, 1.165) is 16.7 Å². The molecule has 6 heteroatoms. The van der Waals surface area contributed by atoms with E-state index < -0.39 is 0 Å². The Morgan fingerprint density at radius 2 is 1.71 bits per heavy atom. The fourth-order valence-corrected chi connectivity index (χ4v) is 3.36. The van der Waals surface area contributed by atoms with E-state index >= 15 is 0 Å². The van der Waals surface area contributed by atoms with E-state index in [0.29, 0.717) is 22.6 Å². The van der Waals surface area contributed by atoms with E-state index in [1.54, 1.807) is 18.3 Å². The lowest BCUT2D eigenvalue weighted by Crippen LogP contribution is -2.13. The monoisotopic (exact) mass is 410 g/mol. The van der Waals surface area contributed by atoms with Gasteiger partial charge in [0.15, 0.2) is 17.9 Å². The van der Waals surface area contributed by atoms with Gasteiger partial charge >= 0.3 is 0 Å². The van der Waals surface area contributed by atoms with Crippen molar-refractivity contribution < 1.29 is 18.4 Å². The lowest BCUT2D eigenvalue weighted by Gasteiger charge is -2.08. The number of carbonyl (C=O) groups is 1.